The average molecular weight is 466 g/mol. The van der Waals surface area contributed by atoms with Crippen molar-refractivity contribution in [3.8, 4) is 0 Å². The van der Waals surface area contributed by atoms with Crippen molar-refractivity contribution in [3.05, 3.63) is 83.0 Å². The van der Waals surface area contributed by atoms with Crippen LogP contribution in [0.2, 0.25) is 0 Å². The van der Waals surface area contributed by atoms with Gasteiger partial charge in [-0.25, -0.2) is 4.39 Å². The van der Waals surface area contributed by atoms with Crippen LogP contribution in [0.3, 0.4) is 0 Å². The number of pyridine rings is 1. The van der Waals surface area contributed by atoms with Crippen LogP contribution in [0, 0.1) is 5.82 Å². The molecule has 1 aromatic heterocycles. The molecule has 0 radical (unpaired) electrons. The lowest BCUT2D eigenvalue weighted by Crippen LogP contribution is -2.15. The lowest BCUT2D eigenvalue weighted by molar-refractivity contribution is -0.147. The van der Waals surface area contributed by atoms with Gasteiger partial charge < -0.3 is 15.8 Å². The Labute approximate surface area is 200 Å². The molecule has 34 heavy (non-hydrogen) atoms. The predicted octanol–water partition coefficient (Wildman–Crippen LogP) is 5.07. The molecule has 0 atom stereocenters. The summed E-state index contributed by atoms with van der Waals surface area (Å²) in [6.45, 7) is 2.09. The lowest BCUT2D eigenvalue weighted by atomic mass is 9.90. The van der Waals surface area contributed by atoms with Gasteiger partial charge >= 0.3 is 5.97 Å². The summed E-state index contributed by atoms with van der Waals surface area (Å²) in [4.78, 5) is 29.0. The summed E-state index contributed by atoms with van der Waals surface area (Å²) < 4.78 is 19.6. The lowest BCUT2D eigenvalue weighted by Gasteiger charge is -2.17. The van der Waals surface area contributed by atoms with E-state index in [1.54, 1.807) is 25.2 Å². The number of carbonyl (C=O) groups is 2. The van der Waals surface area contributed by atoms with Gasteiger partial charge in [0.2, 0.25) is 0 Å². The molecule has 0 unspecified atom stereocenters. The summed E-state index contributed by atoms with van der Waals surface area (Å²) in [5.41, 5.74) is 8.92. The Kier molecular flexibility index (Phi) is 9.52. The van der Waals surface area contributed by atoms with Crippen LogP contribution in [0.25, 0.3) is 0 Å². The number of nitrogens with zero attached hydrogens (tertiary/aromatic N) is 1. The topological polar surface area (TPSA) is 94.3 Å². The Hall–Kier alpha value is -3.32. The Balaban J connectivity index is 1.77. The van der Waals surface area contributed by atoms with E-state index in [1.165, 1.54) is 12.3 Å². The third-order valence-corrected chi connectivity index (χ3v) is 5.78. The van der Waals surface area contributed by atoms with E-state index in [4.69, 9.17) is 10.5 Å². The second kappa shape index (κ2) is 12.8. The molecule has 3 rings (SSSR count). The largest absolute Gasteiger partial charge is 0.462 e. The van der Waals surface area contributed by atoms with Gasteiger partial charge in [-0.2, -0.15) is 0 Å². The van der Waals surface area contributed by atoms with E-state index in [9.17, 15) is 14.0 Å². The maximum atomic E-state index is 14.0. The zero-order valence-electron chi connectivity index (χ0n) is 19.6. The van der Waals surface area contributed by atoms with E-state index < -0.39 is 11.7 Å². The number of amides is 1. The summed E-state index contributed by atoms with van der Waals surface area (Å²) in [6.07, 6.45) is 19.4. The number of halogens is 1. The number of hydrogen-bond acceptors (Lipinski definition) is 5. The van der Waals surface area contributed by atoms with Gasteiger partial charge in [0.05, 0.1) is 18.3 Å². The minimum atomic E-state index is -0.609. The quantitative estimate of drug-likeness (QED) is 0.302. The fourth-order valence-electron chi connectivity index (χ4n) is 4.14. The van der Waals surface area contributed by atoms with E-state index >= 15 is 0 Å². The number of esters is 1. The molecular weight excluding hydrogens is 433 g/mol. The Bertz CT molecular complexity index is 1050. The molecule has 1 fully saturated rings. The van der Waals surface area contributed by atoms with Crippen LogP contribution < -0.4 is 11.1 Å². The number of allylic oxidation sites excluding steroid dienone is 6. The number of carbonyl (C=O) groups excluding carboxylic acids is 2. The molecule has 180 valence electrons. The van der Waals surface area contributed by atoms with E-state index in [0.29, 0.717) is 5.57 Å². The van der Waals surface area contributed by atoms with E-state index in [1.807, 2.05) is 12.2 Å². The molecule has 1 aromatic rings. The molecule has 1 amide bonds. The van der Waals surface area contributed by atoms with Crippen LogP contribution in [-0.4, -0.2) is 29.5 Å². The van der Waals surface area contributed by atoms with Gasteiger partial charge in [-0.05, 0) is 74.3 Å². The second-order valence-corrected chi connectivity index (χ2v) is 8.36. The standard InChI is InChI=1S/C27H32FN3O3/c1-2-6-22(27(33)31-25-12-14-30-18-24(25)28)17-21(11-13-29)20-8-5-7-19(15-20)16-26(32)34-23-9-3-4-10-23/h2,6-7,11-12,14-15,17-18,23H,3-5,8-10,13,16,29H2,1H3,(H,30,31,33)/b6-2?,21-11-,22-17+. The smallest absolute Gasteiger partial charge is 0.310 e. The molecule has 6 nitrogen and oxygen atoms in total. The number of anilines is 1. The maximum Gasteiger partial charge on any atom is 0.310 e. The number of nitrogens with two attached hydrogens (primary N) is 1. The molecule has 0 bridgehead atoms. The van der Waals surface area contributed by atoms with Gasteiger partial charge in [0.1, 0.15) is 6.10 Å². The van der Waals surface area contributed by atoms with Crippen LogP contribution in [0.15, 0.2) is 77.2 Å². The van der Waals surface area contributed by atoms with E-state index in [-0.39, 0.29) is 30.7 Å². The minimum Gasteiger partial charge on any atom is -0.462 e. The molecule has 2 aliphatic carbocycles. The van der Waals surface area contributed by atoms with Gasteiger partial charge in [-0.1, -0.05) is 30.4 Å². The Morgan fingerprint density at radius 1 is 1.32 bits per heavy atom. The summed E-state index contributed by atoms with van der Waals surface area (Å²) >= 11 is 0. The third-order valence-electron chi connectivity index (χ3n) is 5.78. The van der Waals surface area contributed by atoms with Gasteiger partial charge in [-0.3, -0.25) is 14.6 Å². The fraction of sp³-hybridized carbons (Fsp3) is 0.370. The van der Waals surface area contributed by atoms with Gasteiger partial charge in [0.15, 0.2) is 5.82 Å². The van der Waals surface area contributed by atoms with Gasteiger partial charge in [-0.15, -0.1) is 0 Å². The highest BCUT2D eigenvalue weighted by Crippen LogP contribution is 2.28. The van der Waals surface area contributed by atoms with Crippen molar-refractivity contribution in [2.75, 3.05) is 11.9 Å². The predicted molar refractivity (Wildman–Crippen MR) is 131 cm³/mol. The van der Waals surface area contributed by atoms with Crippen LogP contribution in [-0.2, 0) is 14.3 Å². The number of aromatic nitrogens is 1. The zero-order chi connectivity index (χ0) is 24.3. The minimum absolute atomic E-state index is 0.0444. The van der Waals surface area contributed by atoms with Gasteiger partial charge in [0.25, 0.3) is 5.91 Å². The summed E-state index contributed by atoms with van der Waals surface area (Å²) in [6, 6.07) is 1.41. The monoisotopic (exact) mass is 465 g/mol. The number of hydrogen-bond donors (Lipinski definition) is 2. The van der Waals surface area contributed by atoms with Crippen molar-refractivity contribution in [1.82, 2.24) is 4.98 Å². The second-order valence-electron chi connectivity index (χ2n) is 8.36. The molecule has 0 spiro atoms. The summed E-state index contributed by atoms with van der Waals surface area (Å²) in [5.74, 6) is -1.26. The number of rotatable bonds is 9. The molecule has 0 aromatic carbocycles. The fourth-order valence-corrected chi connectivity index (χ4v) is 4.14. The van der Waals surface area contributed by atoms with Crippen molar-refractivity contribution in [1.29, 1.82) is 0 Å². The Morgan fingerprint density at radius 3 is 2.82 bits per heavy atom. The van der Waals surface area contributed by atoms with Crippen LogP contribution in [0.5, 0.6) is 0 Å². The van der Waals surface area contributed by atoms with Gasteiger partial charge in [0, 0.05) is 18.3 Å². The normalized spacial score (nSPS) is 17.5. The first kappa shape index (κ1) is 25.3. The highest BCUT2D eigenvalue weighted by molar-refractivity contribution is 6.06. The first-order valence-corrected chi connectivity index (χ1v) is 11.7. The first-order valence-electron chi connectivity index (χ1n) is 11.7. The van der Waals surface area contributed by atoms with Crippen LogP contribution >= 0.6 is 0 Å². The average Bonchev–Trinajstić information content (AvgIpc) is 3.32. The van der Waals surface area contributed by atoms with Crippen molar-refractivity contribution >= 4 is 17.6 Å². The molecule has 0 saturated heterocycles. The van der Waals surface area contributed by atoms with Crippen LogP contribution in [0.1, 0.15) is 51.9 Å². The molecule has 1 heterocycles. The maximum absolute atomic E-state index is 14.0. The molecule has 3 N–H and O–H groups in total. The zero-order valence-corrected chi connectivity index (χ0v) is 19.6. The molecule has 1 saturated carbocycles. The molecular formula is C27H32FN3O3. The van der Waals surface area contributed by atoms with Crippen LogP contribution in [0.4, 0.5) is 10.1 Å². The van der Waals surface area contributed by atoms with Crippen molar-refractivity contribution in [2.45, 2.75) is 58.0 Å². The molecule has 7 heteroatoms. The molecule has 0 aliphatic heterocycles. The van der Waals surface area contributed by atoms with E-state index in [2.05, 4.69) is 16.4 Å². The highest BCUT2D eigenvalue weighted by Gasteiger charge is 2.20. The summed E-state index contributed by atoms with van der Waals surface area (Å²) in [7, 11) is 0. The highest BCUT2D eigenvalue weighted by atomic mass is 19.1. The van der Waals surface area contributed by atoms with Crippen molar-refractivity contribution < 1.29 is 18.7 Å². The number of nitrogens with one attached hydrogen (secondary N) is 1. The van der Waals surface area contributed by atoms with E-state index in [0.717, 1.165) is 61.4 Å². The van der Waals surface area contributed by atoms with Crippen molar-refractivity contribution in [3.63, 3.8) is 0 Å². The SMILES string of the molecule is CC=C/C(=C\C(=C\CN)C1=CC(CC(=O)OC2CCCC2)=CCC1)C(=O)Nc1ccncc1F. The van der Waals surface area contributed by atoms with Crippen molar-refractivity contribution in [2.24, 2.45) is 5.73 Å². The summed E-state index contributed by atoms with van der Waals surface area (Å²) in [5, 5.41) is 2.59. The molecule has 2 aliphatic rings. The first-order chi connectivity index (χ1) is 16.5. The third kappa shape index (κ3) is 7.35. The number of ether oxygens (including phenoxy) is 1. The Morgan fingerprint density at radius 2 is 2.12 bits per heavy atom.